The van der Waals surface area contributed by atoms with Gasteiger partial charge in [-0.1, -0.05) is 243 Å². The average molecular weight is 1030 g/mol. The molecule has 0 radical (unpaired) electrons. The van der Waals surface area contributed by atoms with E-state index in [9.17, 15) is 0 Å². The molecule has 0 N–H and O–H groups in total. The van der Waals surface area contributed by atoms with E-state index in [1.54, 1.807) is 0 Å². The first-order valence-corrected chi connectivity index (χ1v) is 28.2. The number of hydrogen-bond acceptors (Lipinski definition) is 2. The fourth-order valence-corrected chi connectivity index (χ4v) is 15.4. The predicted octanol–water partition coefficient (Wildman–Crippen LogP) is 20.0. The normalized spacial score (nSPS) is 15.1. The molecular weight excluding hydrogens is 981 g/mol. The van der Waals surface area contributed by atoms with Crippen molar-refractivity contribution in [2.75, 3.05) is 4.90 Å². The molecule has 81 heavy (non-hydrogen) atoms. The van der Waals surface area contributed by atoms with E-state index in [2.05, 4.69) is 295 Å². The molecule has 1 spiro atoms. The van der Waals surface area contributed by atoms with Crippen LogP contribution in [-0.4, -0.2) is 4.57 Å². The van der Waals surface area contributed by atoms with E-state index in [1.165, 1.54) is 105 Å². The Hall–Kier alpha value is -10.5. The second-order valence-corrected chi connectivity index (χ2v) is 22.2. The van der Waals surface area contributed by atoms with Crippen LogP contribution in [-0.2, 0) is 10.8 Å². The van der Waals surface area contributed by atoms with Crippen molar-refractivity contribution < 1.29 is 4.42 Å². The Morgan fingerprint density at radius 2 is 0.926 bits per heavy atom. The molecule has 15 aromatic rings. The summed E-state index contributed by atoms with van der Waals surface area (Å²) in [4.78, 5) is 2.55. The summed E-state index contributed by atoms with van der Waals surface area (Å²) in [6.45, 7) is 0. The number of benzene rings is 13. The summed E-state index contributed by atoms with van der Waals surface area (Å²) in [7, 11) is 0. The van der Waals surface area contributed by atoms with Crippen LogP contribution < -0.4 is 4.90 Å². The minimum atomic E-state index is -0.633. The lowest BCUT2D eigenvalue weighted by molar-refractivity contribution is 0.670. The number of aromatic nitrogens is 1. The zero-order valence-corrected chi connectivity index (χ0v) is 44.0. The van der Waals surface area contributed by atoms with Crippen molar-refractivity contribution >= 4 is 71.6 Å². The van der Waals surface area contributed by atoms with Crippen molar-refractivity contribution in [2.45, 2.75) is 10.8 Å². The van der Waals surface area contributed by atoms with Crippen LogP contribution in [0.4, 0.5) is 17.1 Å². The van der Waals surface area contributed by atoms with Crippen LogP contribution in [0.25, 0.3) is 93.6 Å². The minimum Gasteiger partial charge on any atom is -0.455 e. The Balaban J connectivity index is 0.931. The van der Waals surface area contributed by atoms with Gasteiger partial charge in [-0.25, -0.2) is 0 Å². The van der Waals surface area contributed by atoms with Crippen molar-refractivity contribution in [1.29, 1.82) is 0 Å². The van der Waals surface area contributed by atoms with Crippen molar-refractivity contribution in [2.24, 2.45) is 0 Å². The molecular formula is C78H48N2O. The van der Waals surface area contributed by atoms with Crippen LogP contribution >= 0.6 is 0 Å². The summed E-state index contributed by atoms with van der Waals surface area (Å²) in [5.74, 6) is 0. The molecule has 3 heterocycles. The highest BCUT2D eigenvalue weighted by Crippen LogP contribution is 2.64. The number of fused-ring (bicyclic) bond motifs is 20. The zero-order valence-electron chi connectivity index (χ0n) is 44.0. The number of furan rings is 1. The van der Waals surface area contributed by atoms with Gasteiger partial charge in [0.15, 0.2) is 0 Å². The number of hydrogen-bond donors (Lipinski definition) is 0. The number of anilines is 3. The third-order valence-electron chi connectivity index (χ3n) is 18.5. The maximum atomic E-state index is 6.65. The molecule has 13 aromatic carbocycles. The molecule has 18 rings (SSSR count). The molecule has 1 aliphatic heterocycles. The van der Waals surface area contributed by atoms with Gasteiger partial charge in [0.05, 0.1) is 33.2 Å². The van der Waals surface area contributed by atoms with Crippen LogP contribution in [0, 0.1) is 0 Å². The van der Waals surface area contributed by atoms with E-state index in [0.29, 0.717) is 0 Å². The number of rotatable bonds is 6. The van der Waals surface area contributed by atoms with E-state index < -0.39 is 10.8 Å². The van der Waals surface area contributed by atoms with Gasteiger partial charge in [0.1, 0.15) is 11.2 Å². The Bertz CT molecular complexity index is 5080. The molecule has 376 valence electrons. The Morgan fingerprint density at radius 1 is 0.333 bits per heavy atom. The topological polar surface area (TPSA) is 21.3 Å². The van der Waals surface area contributed by atoms with Gasteiger partial charge in [-0.05, 0) is 126 Å². The first-order chi connectivity index (χ1) is 40.2. The third-order valence-corrected chi connectivity index (χ3v) is 18.5. The molecule has 1 atom stereocenters. The Labute approximate surface area is 468 Å². The van der Waals surface area contributed by atoms with E-state index in [0.717, 1.165) is 50.1 Å². The van der Waals surface area contributed by atoms with Crippen LogP contribution in [0.15, 0.2) is 296 Å². The summed E-state index contributed by atoms with van der Waals surface area (Å²) in [5.41, 5.74) is 24.8. The summed E-state index contributed by atoms with van der Waals surface area (Å²) >= 11 is 0. The molecule has 0 bridgehead atoms. The summed E-state index contributed by atoms with van der Waals surface area (Å²) in [6.07, 6.45) is 0. The minimum absolute atomic E-state index is 0.625. The average Bonchev–Trinajstić information content (AvgIpc) is 2.19. The van der Waals surface area contributed by atoms with Gasteiger partial charge in [-0.3, -0.25) is 0 Å². The molecule has 0 saturated heterocycles. The van der Waals surface area contributed by atoms with Crippen LogP contribution in [0.3, 0.4) is 0 Å². The number of para-hydroxylation sites is 5. The second kappa shape index (κ2) is 16.5. The lowest BCUT2D eigenvalue weighted by atomic mass is 9.65. The summed E-state index contributed by atoms with van der Waals surface area (Å²) in [5, 5.41) is 7.27. The van der Waals surface area contributed by atoms with E-state index >= 15 is 0 Å². The lowest BCUT2D eigenvalue weighted by Crippen LogP contribution is -2.33. The van der Waals surface area contributed by atoms with Crippen molar-refractivity contribution in [1.82, 2.24) is 4.57 Å². The Morgan fingerprint density at radius 3 is 1.77 bits per heavy atom. The van der Waals surface area contributed by atoms with Gasteiger partial charge in [0.2, 0.25) is 0 Å². The van der Waals surface area contributed by atoms with E-state index in [1.807, 2.05) is 6.07 Å². The fraction of sp³-hybridized carbons (Fsp3) is 0.0256. The van der Waals surface area contributed by atoms with Gasteiger partial charge in [0.25, 0.3) is 0 Å². The quantitative estimate of drug-likeness (QED) is 0.166. The summed E-state index contributed by atoms with van der Waals surface area (Å²) < 4.78 is 9.18. The zero-order chi connectivity index (χ0) is 53.0. The third kappa shape index (κ3) is 5.76. The predicted molar refractivity (Wildman–Crippen MR) is 334 cm³/mol. The van der Waals surface area contributed by atoms with Gasteiger partial charge in [-0.2, -0.15) is 0 Å². The fourth-order valence-electron chi connectivity index (χ4n) is 15.4. The van der Waals surface area contributed by atoms with Crippen LogP contribution in [0.5, 0.6) is 0 Å². The molecule has 0 amide bonds. The first-order valence-electron chi connectivity index (χ1n) is 28.2. The lowest BCUT2D eigenvalue weighted by Gasteiger charge is -2.39. The molecule has 0 saturated carbocycles. The first kappa shape index (κ1) is 44.5. The molecule has 0 fully saturated rings. The largest absolute Gasteiger partial charge is 0.455 e. The highest BCUT2D eigenvalue weighted by molar-refractivity contribution is 6.14. The molecule has 3 nitrogen and oxygen atoms in total. The smallest absolute Gasteiger partial charge is 0.143 e. The maximum absolute atomic E-state index is 6.65. The molecule has 1 unspecified atom stereocenters. The van der Waals surface area contributed by atoms with Crippen LogP contribution in [0.1, 0.15) is 44.5 Å². The second-order valence-electron chi connectivity index (χ2n) is 22.2. The maximum Gasteiger partial charge on any atom is 0.143 e. The summed E-state index contributed by atoms with van der Waals surface area (Å²) in [6, 6.07) is 109. The highest BCUT2D eigenvalue weighted by Gasteiger charge is 2.52. The molecule has 3 aliphatic rings. The van der Waals surface area contributed by atoms with Crippen LogP contribution in [0.2, 0.25) is 0 Å². The molecule has 3 heteroatoms. The van der Waals surface area contributed by atoms with E-state index in [-0.39, 0.29) is 0 Å². The van der Waals surface area contributed by atoms with Crippen molar-refractivity contribution in [3.63, 3.8) is 0 Å². The van der Waals surface area contributed by atoms with Gasteiger partial charge < -0.3 is 13.9 Å². The standard InChI is InChI=1S/C78H48N2O/c1-3-21-51(22-4-1)77(52-23-5-2-6-24-52)66-47-42-49-20-7-8-25-55(49)73(66)62-46-45-54(48-68(62)77)79(53-43-40-50(41-44-53)56-29-17-31-60-58-27-11-16-39-72(58)81-76(56)60)71-38-19-34-65-74(71)61-28-9-12-32-63(61)78(65)64-33-13-15-37-70(64)80-69-36-14-10-26-57(69)59-30-18-35-67(78)75(59)80/h1-48H. The van der Waals surface area contributed by atoms with Crippen molar-refractivity contribution in [3.05, 3.63) is 336 Å². The van der Waals surface area contributed by atoms with Gasteiger partial charge >= 0.3 is 0 Å². The number of nitrogens with zero attached hydrogens (tertiary/aromatic N) is 2. The highest BCUT2D eigenvalue weighted by atomic mass is 16.3. The Kier molecular flexibility index (Phi) is 9.08. The molecule has 2 aliphatic carbocycles. The SMILES string of the molecule is c1ccc(C2(c3ccccc3)c3cc(N(c4ccc(-c5cccc6c5oc5ccccc56)cc4)c4cccc5c4-c4ccccc4C54c5ccccc5-n5c6ccccc6c6cccc4c65)ccc3-c3c2ccc2ccccc32)cc1. The van der Waals surface area contributed by atoms with Crippen molar-refractivity contribution in [3.8, 4) is 39.1 Å². The van der Waals surface area contributed by atoms with Gasteiger partial charge in [0, 0.05) is 44.0 Å². The molecule has 2 aromatic heterocycles. The monoisotopic (exact) mass is 1030 g/mol. The van der Waals surface area contributed by atoms with Gasteiger partial charge in [-0.15, -0.1) is 0 Å². The van der Waals surface area contributed by atoms with E-state index in [4.69, 9.17) is 4.42 Å².